The molecule has 9 nitrogen and oxygen atoms in total. The lowest BCUT2D eigenvalue weighted by Gasteiger charge is -2.33. The zero-order valence-electron chi connectivity index (χ0n) is 19.5. The molecule has 2 aromatic rings. The lowest BCUT2D eigenvalue weighted by atomic mass is 9.87. The predicted octanol–water partition coefficient (Wildman–Crippen LogP) is 1.84. The molecular weight excluding hydrogens is 521 g/mol. The van der Waals surface area contributed by atoms with Gasteiger partial charge in [-0.15, -0.1) is 0 Å². The highest BCUT2D eigenvalue weighted by molar-refractivity contribution is 7.89. The van der Waals surface area contributed by atoms with Crippen LogP contribution in [0.15, 0.2) is 52.4 Å². The minimum Gasteiger partial charge on any atom is -0.395 e. The first kappa shape index (κ1) is 26.8. The summed E-state index contributed by atoms with van der Waals surface area (Å²) < 4.78 is 95.4. The second-order valence-electron chi connectivity index (χ2n) is 9.02. The van der Waals surface area contributed by atoms with Gasteiger partial charge in [-0.1, -0.05) is 24.3 Å². The molecule has 2 aliphatic rings. The summed E-state index contributed by atoms with van der Waals surface area (Å²) in [6.45, 7) is -0.230. The third-order valence-corrected chi connectivity index (χ3v) is 10.7. The van der Waals surface area contributed by atoms with E-state index in [0.29, 0.717) is 5.56 Å². The van der Waals surface area contributed by atoms with Crippen molar-refractivity contribution in [1.82, 2.24) is 13.6 Å². The Labute approximate surface area is 208 Å². The number of hydrogen-bond donors (Lipinski definition) is 1. The summed E-state index contributed by atoms with van der Waals surface area (Å²) in [5.41, 5.74) is -1.70. The molecule has 1 aromatic carbocycles. The number of piperazine rings is 1. The van der Waals surface area contributed by atoms with Gasteiger partial charge in [-0.05, 0) is 37.1 Å². The summed E-state index contributed by atoms with van der Waals surface area (Å²) in [5.74, 6) is 0.0661. The molecule has 3 heterocycles. The number of halogens is 3. The summed E-state index contributed by atoms with van der Waals surface area (Å²) in [4.78, 5) is 5.61. The van der Waals surface area contributed by atoms with E-state index < -0.39 is 44.8 Å². The first-order valence-electron chi connectivity index (χ1n) is 11.3. The maximum absolute atomic E-state index is 13.5. The molecule has 1 N–H and O–H groups in total. The molecule has 4 rings (SSSR count). The second-order valence-corrected chi connectivity index (χ2v) is 12.8. The number of sulfonamides is 2. The fourth-order valence-electron chi connectivity index (χ4n) is 4.51. The van der Waals surface area contributed by atoms with E-state index in [4.69, 9.17) is 0 Å². The molecule has 198 valence electrons. The van der Waals surface area contributed by atoms with Gasteiger partial charge in [0, 0.05) is 39.3 Å². The van der Waals surface area contributed by atoms with Crippen LogP contribution in [-0.4, -0.2) is 87.6 Å². The fraction of sp³-hybridized carbons (Fsp3) is 0.500. The van der Waals surface area contributed by atoms with E-state index in [2.05, 4.69) is 4.98 Å². The molecule has 2 aliphatic heterocycles. The fourth-order valence-corrected chi connectivity index (χ4v) is 7.53. The number of aliphatic hydroxyl groups is 1. The Bertz CT molecular complexity index is 1330. The van der Waals surface area contributed by atoms with E-state index >= 15 is 0 Å². The third-order valence-electron chi connectivity index (χ3n) is 6.80. The Kier molecular flexibility index (Phi) is 7.11. The molecule has 1 aromatic heterocycles. The molecule has 1 unspecified atom stereocenters. The smallest absolute Gasteiger partial charge is 0.395 e. The third kappa shape index (κ3) is 4.72. The van der Waals surface area contributed by atoms with Crippen molar-refractivity contribution in [2.24, 2.45) is 5.41 Å². The lowest BCUT2D eigenvalue weighted by molar-refractivity contribution is -0.227. The highest BCUT2D eigenvalue weighted by atomic mass is 32.2. The molecule has 36 heavy (non-hydrogen) atoms. The number of hydrogen-bond acceptors (Lipinski definition) is 7. The van der Waals surface area contributed by atoms with Gasteiger partial charge in [0.15, 0.2) is 5.03 Å². The maximum Gasteiger partial charge on any atom is 0.398 e. The van der Waals surface area contributed by atoms with Crippen LogP contribution in [0.1, 0.15) is 12.0 Å². The van der Waals surface area contributed by atoms with Crippen LogP contribution in [0.25, 0.3) is 0 Å². The summed E-state index contributed by atoms with van der Waals surface area (Å²) in [6, 6.07) is 10.6. The van der Waals surface area contributed by atoms with Gasteiger partial charge in [0.2, 0.25) is 10.0 Å². The predicted molar refractivity (Wildman–Crippen MR) is 125 cm³/mol. The number of nitrogens with zero attached hydrogens (tertiary/aromatic N) is 4. The highest BCUT2D eigenvalue weighted by Gasteiger charge is 2.58. The molecule has 2 fully saturated rings. The summed E-state index contributed by atoms with van der Waals surface area (Å²) in [5, 5.41) is 9.09. The number of aromatic nitrogens is 1. The molecule has 1 atom stereocenters. The number of pyridine rings is 1. The number of benzene rings is 1. The van der Waals surface area contributed by atoms with Gasteiger partial charge in [-0.25, -0.2) is 21.8 Å². The van der Waals surface area contributed by atoms with E-state index in [1.807, 2.05) is 0 Å². The standard InChI is InChI=1S/C22H27F3N4O5S2/c1-17-5-2-3-6-18(17)35(31,32)28-11-13-29(14-12-28)36(33,34)20-8-4-7-19(26-20)27-10-9-21(15-27,16-30)22(23,24)25/h2-8,30H,9-16H2,1H3. The van der Waals surface area contributed by atoms with Crippen LogP contribution in [0.3, 0.4) is 0 Å². The highest BCUT2D eigenvalue weighted by Crippen LogP contribution is 2.45. The molecule has 0 bridgehead atoms. The Hall–Kier alpha value is -2.26. The van der Waals surface area contributed by atoms with Crippen molar-refractivity contribution in [2.75, 3.05) is 50.8 Å². The van der Waals surface area contributed by atoms with Gasteiger partial charge < -0.3 is 10.0 Å². The zero-order chi connectivity index (χ0) is 26.4. The van der Waals surface area contributed by atoms with Gasteiger partial charge in [-0.3, -0.25) is 0 Å². The average molecular weight is 549 g/mol. The molecule has 0 radical (unpaired) electrons. The molecule has 0 saturated carbocycles. The van der Waals surface area contributed by atoms with Crippen molar-refractivity contribution in [1.29, 1.82) is 0 Å². The van der Waals surface area contributed by atoms with Crippen LogP contribution in [-0.2, 0) is 20.0 Å². The van der Waals surface area contributed by atoms with E-state index in [1.54, 1.807) is 25.1 Å². The summed E-state index contributed by atoms with van der Waals surface area (Å²) >= 11 is 0. The SMILES string of the molecule is Cc1ccccc1S(=O)(=O)N1CCN(S(=O)(=O)c2cccc(N3CCC(CO)(C(F)(F)F)C3)n2)CC1. The van der Waals surface area contributed by atoms with Crippen molar-refractivity contribution in [2.45, 2.75) is 29.4 Å². The number of alkyl halides is 3. The molecule has 14 heteroatoms. The van der Waals surface area contributed by atoms with Crippen LogP contribution >= 0.6 is 0 Å². The zero-order valence-corrected chi connectivity index (χ0v) is 21.2. The lowest BCUT2D eigenvalue weighted by Crippen LogP contribution is -2.50. The van der Waals surface area contributed by atoms with Gasteiger partial charge in [-0.2, -0.15) is 21.8 Å². The minimum absolute atomic E-state index is 0.0357. The summed E-state index contributed by atoms with van der Waals surface area (Å²) in [6.07, 6.45) is -4.94. The second kappa shape index (κ2) is 9.56. The topological polar surface area (TPSA) is 111 Å². The minimum atomic E-state index is -4.61. The van der Waals surface area contributed by atoms with Gasteiger partial charge in [0.05, 0.1) is 11.5 Å². The van der Waals surface area contributed by atoms with Gasteiger partial charge in [0.1, 0.15) is 11.2 Å². The van der Waals surface area contributed by atoms with Crippen LogP contribution in [0, 0.1) is 12.3 Å². The van der Waals surface area contributed by atoms with E-state index in [1.165, 1.54) is 33.5 Å². The monoisotopic (exact) mass is 548 g/mol. The molecule has 0 amide bonds. The van der Waals surface area contributed by atoms with E-state index in [9.17, 15) is 35.1 Å². The Balaban J connectivity index is 1.49. The van der Waals surface area contributed by atoms with Crippen LogP contribution in [0.4, 0.5) is 19.0 Å². The number of aryl methyl sites for hydroxylation is 1. The largest absolute Gasteiger partial charge is 0.398 e. The van der Waals surface area contributed by atoms with Crippen molar-refractivity contribution in [3.63, 3.8) is 0 Å². The first-order chi connectivity index (χ1) is 16.8. The number of aliphatic hydroxyl groups excluding tert-OH is 1. The Morgan fingerprint density at radius 3 is 2.08 bits per heavy atom. The van der Waals surface area contributed by atoms with Crippen LogP contribution in [0.5, 0.6) is 0 Å². The van der Waals surface area contributed by atoms with Crippen molar-refractivity contribution < 1.29 is 35.1 Å². The first-order valence-corrected chi connectivity index (χ1v) is 14.2. The summed E-state index contributed by atoms with van der Waals surface area (Å²) in [7, 11) is -7.91. The molecule has 0 aliphatic carbocycles. The molecule has 0 spiro atoms. The molecule has 2 saturated heterocycles. The van der Waals surface area contributed by atoms with Crippen molar-refractivity contribution in [3.8, 4) is 0 Å². The maximum atomic E-state index is 13.5. The van der Waals surface area contributed by atoms with Crippen LogP contribution in [0.2, 0.25) is 0 Å². The van der Waals surface area contributed by atoms with Gasteiger partial charge >= 0.3 is 6.18 Å². The normalized spacial score (nSPS) is 22.8. The van der Waals surface area contributed by atoms with Crippen molar-refractivity contribution >= 4 is 25.9 Å². The van der Waals surface area contributed by atoms with E-state index in [0.717, 1.165) is 4.31 Å². The van der Waals surface area contributed by atoms with Crippen molar-refractivity contribution in [3.05, 3.63) is 48.0 Å². The van der Waals surface area contributed by atoms with E-state index in [-0.39, 0.29) is 54.9 Å². The Morgan fingerprint density at radius 2 is 1.53 bits per heavy atom. The average Bonchev–Trinajstić information content (AvgIpc) is 3.31. The molecular formula is C22H27F3N4O5S2. The van der Waals surface area contributed by atoms with Gasteiger partial charge in [0.25, 0.3) is 10.0 Å². The Morgan fingerprint density at radius 1 is 0.917 bits per heavy atom. The van der Waals surface area contributed by atoms with Crippen LogP contribution < -0.4 is 4.90 Å². The number of rotatable bonds is 6. The quantitative estimate of drug-likeness (QED) is 0.587. The number of anilines is 1.